The second-order valence-electron chi connectivity index (χ2n) is 6.73. The number of hydrogen-bond acceptors (Lipinski definition) is 5. The molecule has 1 fully saturated rings. The minimum atomic E-state index is 0.0663. The summed E-state index contributed by atoms with van der Waals surface area (Å²) in [6.45, 7) is 4.14. The van der Waals surface area contributed by atoms with Crippen LogP contribution in [0.4, 0.5) is 0 Å². The van der Waals surface area contributed by atoms with Gasteiger partial charge in [0, 0.05) is 43.9 Å². The zero-order valence-corrected chi connectivity index (χ0v) is 15.6. The van der Waals surface area contributed by atoms with Crippen molar-refractivity contribution in [2.24, 2.45) is 0 Å². The van der Waals surface area contributed by atoms with Gasteiger partial charge in [0.25, 0.3) is 5.91 Å². The molecule has 142 valence electrons. The van der Waals surface area contributed by atoms with Crippen molar-refractivity contribution in [1.82, 2.24) is 20.0 Å². The second-order valence-corrected chi connectivity index (χ2v) is 6.73. The van der Waals surface area contributed by atoms with Crippen LogP contribution in [0.1, 0.15) is 15.9 Å². The van der Waals surface area contributed by atoms with Gasteiger partial charge in [-0.05, 0) is 29.8 Å². The number of nitrogens with zero attached hydrogens (tertiary/aromatic N) is 4. The summed E-state index contributed by atoms with van der Waals surface area (Å²) in [7, 11) is 0. The number of rotatable bonds is 5. The molecule has 2 aromatic carbocycles. The van der Waals surface area contributed by atoms with E-state index >= 15 is 0 Å². The van der Waals surface area contributed by atoms with Crippen molar-refractivity contribution in [3.63, 3.8) is 0 Å². The fraction of sp³-hybridized carbons (Fsp3) is 0.227. The van der Waals surface area contributed by atoms with Crippen LogP contribution < -0.4 is 0 Å². The van der Waals surface area contributed by atoms with Crippen molar-refractivity contribution in [1.29, 1.82) is 0 Å². The molecular weight excluding hydrogens is 352 g/mol. The number of piperazine rings is 1. The third kappa shape index (κ3) is 4.35. The molecule has 0 radical (unpaired) electrons. The van der Waals surface area contributed by atoms with E-state index in [0.29, 0.717) is 11.5 Å². The van der Waals surface area contributed by atoms with Gasteiger partial charge in [0.15, 0.2) is 0 Å². The lowest BCUT2D eigenvalue weighted by molar-refractivity contribution is 0.0650. The molecule has 6 nitrogen and oxygen atoms in total. The van der Waals surface area contributed by atoms with Crippen molar-refractivity contribution in [2.45, 2.75) is 0 Å². The van der Waals surface area contributed by atoms with E-state index in [9.17, 15) is 4.79 Å². The zero-order chi connectivity index (χ0) is 19.2. The lowest BCUT2D eigenvalue weighted by atomic mass is 10.1. The highest BCUT2D eigenvalue weighted by Gasteiger charge is 2.21. The first kappa shape index (κ1) is 18.1. The number of hydrogen-bond donors (Lipinski definition) is 0. The molecule has 0 spiro atoms. The summed E-state index contributed by atoms with van der Waals surface area (Å²) in [5.74, 6) is 0.521. The largest absolute Gasteiger partial charge is 0.423 e. The highest BCUT2D eigenvalue weighted by atomic mass is 16.4. The van der Waals surface area contributed by atoms with Gasteiger partial charge >= 0.3 is 0 Å². The number of benzene rings is 2. The molecule has 0 saturated carbocycles. The summed E-state index contributed by atoms with van der Waals surface area (Å²) in [6, 6.07) is 17.6. The topological polar surface area (TPSA) is 62.5 Å². The smallest absolute Gasteiger partial charge is 0.253 e. The Morgan fingerprint density at radius 3 is 2.43 bits per heavy atom. The summed E-state index contributed by atoms with van der Waals surface area (Å²) in [5, 5.41) is 7.55. The van der Waals surface area contributed by atoms with E-state index in [1.54, 1.807) is 0 Å². The first-order chi connectivity index (χ1) is 13.8. The molecule has 1 aliphatic rings. The third-order valence-electron chi connectivity index (χ3n) is 4.87. The lowest BCUT2D eigenvalue weighted by Gasteiger charge is -2.34. The van der Waals surface area contributed by atoms with Gasteiger partial charge in [0.1, 0.15) is 0 Å². The zero-order valence-electron chi connectivity index (χ0n) is 15.6. The van der Waals surface area contributed by atoms with Crippen LogP contribution in [0.5, 0.6) is 0 Å². The van der Waals surface area contributed by atoms with E-state index in [1.807, 2.05) is 47.4 Å². The standard InChI is InChI=1S/C22H22N4O2/c27-22(20-10-8-19(9-11-20)21-24-23-17-28-21)26-15-13-25(14-16-26)12-4-7-18-5-2-1-3-6-18/h1-11,17H,12-16H2. The molecule has 2 heterocycles. The molecule has 1 aliphatic heterocycles. The van der Waals surface area contributed by atoms with Crippen LogP contribution in [0.3, 0.4) is 0 Å². The molecule has 1 aromatic heterocycles. The van der Waals surface area contributed by atoms with Crippen molar-refractivity contribution in [3.8, 4) is 11.5 Å². The number of carbonyl (C=O) groups excluding carboxylic acids is 1. The molecule has 0 atom stereocenters. The van der Waals surface area contributed by atoms with Crippen molar-refractivity contribution >= 4 is 12.0 Å². The first-order valence-electron chi connectivity index (χ1n) is 9.39. The van der Waals surface area contributed by atoms with E-state index in [-0.39, 0.29) is 5.91 Å². The molecule has 6 heteroatoms. The van der Waals surface area contributed by atoms with Crippen molar-refractivity contribution in [2.75, 3.05) is 32.7 Å². The summed E-state index contributed by atoms with van der Waals surface area (Å²) < 4.78 is 5.18. The maximum atomic E-state index is 12.7. The number of aromatic nitrogens is 2. The van der Waals surface area contributed by atoms with E-state index in [2.05, 4.69) is 39.4 Å². The Balaban J connectivity index is 1.28. The average molecular weight is 374 g/mol. The molecule has 0 N–H and O–H groups in total. The molecule has 1 amide bonds. The quantitative estimate of drug-likeness (QED) is 0.686. The predicted molar refractivity (Wildman–Crippen MR) is 108 cm³/mol. The predicted octanol–water partition coefficient (Wildman–Crippen LogP) is 3.21. The summed E-state index contributed by atoms with van der Waals surface area (Å²) >= 11 is 0. The maximum Gasteiger partial charge on any atom is 0.253 e. The van der Waals surface area contributed by atoms with Gasteiger partial charge in [0.05, 0.1) is 0 Å². The van der Waals surface area contributed by atoms with E-state index < -0.39 is 0 Å². The van der Waals surface area contributed by atoms with Crippen LogP contribution in [-0.2, 0) is 0 Å². The number of amides is 1. The van der Waals surface area contributed by atoms with Gasteiger partial charge in [-0.25, -0.2) is 0 Å². The minimum Gasteiger partial charge on any atom is -0.423 e. The van der Waals surface area contributed by atoms with Gasteiger partial charge in [-0.1, -0.05) is 42.5 Å². The Morgan fingerprint density at radius 2 is 1.75 bits per heavy atom. The van der Waals surface area contributed by atoms with Crippen molar-refractivity contribution < 1.29 is 9.21 Å². The Hall–Kier alpha value is -3.25. The molecule has 4 rings (SSSR count). The highest BCUT2D eigenvalue weighted by Crippen LogP contribution is 2.18. The number of carbonyl (C=O) groups is 1. The molecule has 0 aliphatic carbocycles. The second kappa shape index (κ2) is 8.63. The Kier molecular flexibility index (Phi) is 5.58. The molecular formula is C22H22N4O2. The van der Waals surface area contributed by atoms with Crippen LogP contribution in [0.25, 0.3) is 17.5 Å². The van der Waals surface area contributed by atoms with Gasteiger partial charge in [-0.2, -0.15) is 0 Å². The van der Waals surface area contributed by atoms with Gasteiger partial charge in [0.2, 0.25) is 12.3 Å². The SMILES string of the molecule is O=C(c1ccc(-c2nnco2)cc1)N1CCN(CC=Cc2ccccc2)CC1. The van der Waals surface area contributed by atoms with Crippen molar-refractivity contribution in [3.05, 3.63) is 78.2 Å². The molecule has 0 unspecified atom stereocenters. The Labute approximate surface area is 164 Å². The van der Waals surface area contributed by atoms with E-state index in [1.165, 1.54) is 12.0 Å². The van der Waals surface area contributed by atoms with Crippen LogP contribution in [0.15, 0.2) is 71.5 Å². The van der Waals surface area contributed by atoms with Crippen LogP contribution in [0, 0.1) is 0 Å². The van der Waals surface area contributed by atoms with Gasteiger partial charge in [-0.3, -0.25) is 9.69 Å². The van der Waals surface area contributed by atoms with E-state index in [4.69, 9.17) is 4.42 Å². The van der Waals surface area contributed by atoms with Crippen LogP contribution >= 0.6 is 0 Å². The lowest BCUT2D eigenvalue weighted by Crippen LogP contribution is -2.48. The highest BCUT2D eigenvalue weighted by molar-refractivity contribution is 5.94. The molecule has 3 aromatic rings. The van der Waals surface area contributed by atoms with Gasteiger partial charge in [-0.15, -0.1) is 10.2 Å². The monoisotopic (exact) mass is 374 g/mol. The van der Waals surface area contributed by atoms with Gasteiger partial charge < -0.3 is 9.32 Å². The summed E-state index contributed by atoms with van der Waals surface area (Å²) in [4.78, 5) is 17.0. The molecule has 0 bridgehead atoms. The molecule has 1 saturated heterocycles. The summed E-state index contributed by atoms with van der Waals surface area (Å²) in [5.41, 5.74) is 2.70. The van der Waals surface area contributed by atoms with E-state index in [0.717, 1.165) is 38.3 Å². The normalized spacial score (nSPS) is 15.2. The Bertz CT molecular complexity index is 913. The maximum absolute atomic E-state index is 12.7. The first-order valence-corrected chi connectivity index (χ1v) is 9.39. The Morgan fingerprint density at radius 1 is 1.00 bits per heavy atom. The average Bonchev–Trinajstić information content (AvgIpc) is 3.30. The molecule has 28 heavy (non-hydrogen) atoms. The van der Waals surface area contributed by atoms with Crippen LogP contribution in [0.2, 0.25) is 0 Å². The third-order valence-corrected chi connectivity index (χ3v) is 4.87. The summed E-state index contributed by atoms with van der Waals surface area (Å²) in [6.07, 6.45) is 5.62. The minimum absolute atomic E-state index is 0.0663. The fourth-order valence-corrected chi connectivity index (χ4v) is 3.27. The fourth-order valence-electron chi connectivity index (χ4n) is 3.27. The van der Waals surface area contributed by atoms with Crippen LogP contribution in [-0.4, -0.2) is 58.6 Å².